The van der Waals surface area contributed by atoms with E-state index in [0.29, 0.717) is 5.56 Å². The number of rotatable bonds is 4. The van der Waals surface area contributed by atoms with Crippen molar-refractivity contribution in [2.75, 3.05) is 14.2 Å². The van der Waals surface area contributed by atoms with E-state index in [0.717, 1.165) is 16.9 Å². The molecule has 1 aromatic rings. The maximum Gasteiger partial charge on any atom is 0.337 e. The van der Waals surface area contributed by atoms with E-state index < -0.39 is 0 Å². The van der Waals surface area contributed by atoms with Crippen LogP contribution in [0.25, 0.3) is 12.2 Å². The van der Waals surface area contributed by atoms with Gasteiger partial charge in [0.25, 0.3) is 0 Å². The van der Waals surface area contributed by atoms with Crippen molar-refractivity contribution in [1.82, 2.24) is 0 Å². The van der Waals surface area contributed by atoms with E-state index in [1.54, 1.807) is 25.3 Å². The molecule has 0 fully saturated rings. The molecule has 17 heavy (non-hydrogen) atoms. The zero-order valence-electron chi connectivity index (χ0n) is 10.3. The maximum absolute atomic E-state index is 11.4. The predicted octanol–water partition coefficient (Wildman–Crippen LogP) is 3.12. The molecule has 0 N–H and O–H groups in total. The zero-order valence-corrected chi connectivity index (χ0v) is 10.3. The Kier molecular flexibility index (Phi) is 4.52. The van der Waals surface area contributed by atoms with Crippen molar-refractivity contribution < 1.29 is 14.3 Å². The molecule has 0 saturated heterocycles. The smallest absolute Gasteiger partial charge is 0.337 e. The average Bonchev–Trinajstić information content (AvgIpc) is 2.37. The van der Waals surface area contributed by atoms with Gasteiger partial charge in [0.05, 0.1) is 25.5 Å². The van der Waals surface area contributed by atoms with E-state index >= 15 is 0 Å². The van der Waals surface area contributed by atoms with Crippen molar-refractivity contribution in [3.63, 3.8) is 0 Å². The number of ether oxygens (including phenoxy) is 2. The van der Waals surface area contributed by atoms with Gasteiger partial charge in [-0.2, -0.15) is 0 Å². The number of carbonyl (C=O) groups is 1. The summed E-state index contributed by atoms with van der Waals surface area (Å²) < 4.78 is 9.75. The molecule has 0 heterocycles. The standard InChI is InChI=1S/C14H16O3/c1-5-11-9-13(14(15)17-4)7-6-12(11)8-10(2)16-3/h5-9H,1H2,2-4H3/b10-8+. The van der Waals surface area contributed by atoms with E-state index in [-0.39, 0.29) is 5.97 Å². The Hall–Kier alpha value is -2.03. The molecule has 0 spiro atoms. The summed E-state index contributed by atoms with van der Waals surface area (Å²) in [5, 5.41) is 0. The summed E-state index contributed by atoms with van der Waals surface area (Å²) in [6.45, 7) is 5.59. The van der Waals surface area contributed by atoms with Gasteiger partial charge in [-0.05, 0) is 36.3 Å². The summed E-state index contributed by atoms with van der Waals surface area (Å²) in [4.78, 5) is 11.4. The van der Waals surface area contributed by atoms with E-state index in [4.69, 9.17) is 4.74 Å². The number of benzene rings is 1. The van der Waals surface area contributed by atoms with Crippen LogP contribution in [0.1, 0.15) is 28.4 Å². The Balaban J connectivity index is 3.18. The molecule has 0 saturated carbocycles. The van der Waals surface area contributed by atoms with Crippen molar-refractivity contribution in [2.45, 2.75) is 6.92 Å². The molecule has 0 aliphatic carbocycles. The number of hydrogen-bond acceptors (Lipinski definition) is 3. The number of esters is 1. The second kappa shape index (κ2) is 5.89. The minimum atomic E-state index is -0.355. The van der Waals surface area contributed by atoms with Gasteiger partial charge in [-0.15, -0.1) is 0 Å². The fourth-order valence-corrected chi connectivity index (χ4v) is 1.41. The molecule has 1 aromatic carbocycles. The van der Waals surface area contributed by atoms with Crippen LogP contribution in [0.15, 0.2) is 30.5 Å². The van der Waals surface area contributed by atoms with E-state index in [1.165, 1.54) is 7.11 Å². The van der Waals surface area contributed by atoms with Gasteiger partial charge >= 0.3 is 5.97 Å². The molecular weight excluding hydrogens is 216 g/mol. The molecule has 90 valence electrons. The van der Waals surface area contributed by atoms with Crippen molar-refractivity contribution in [3.8, 4) is 0 Å². The van der Waals surface area contributed by atoms with Crippen LogP contribution in [0.5, 0.6) is 0 Å². The van der Waals surface area contributed by atoms with E-state index in [9.17, 15) is 4.79 Å². The molecule has 0 aliphatic heterocycles. The number of carbonyl (C=O) groups excluding carboxylic acids is 1. The summed E-state index contributed by atoms with van der Waals surface area (Å²) in [6, 6.07) is 5.30. The summed E-state index contributed by atoms with van der Waals surface area (Å²) in [6.07, 6.45) is 3.58. The predicted molar refractivity (Wildman–Crippen MR) is 68.5 cm³/mol. The summed E-state index contributed by atoms with van der Waals surface area (Å²) in [5.41, 5.74) is 2.32. The van der Waals surface area contributed by atoms with Gasteiger partial charge in [-0.25, -0.2) is 4.79 Å². The van der Waals surface area contributed by atoms with Gasteiger partial charge in [-0.1, -0.05) is 18.7 Å². The molecule has 0 atom stereocenters. The second-order valence-electron chi connectivity index (χ2n) is 3.50. The van der Waals surface area contributed by atoms with Crippen LogP contribution in [0.3, 0.4) is 0 Å². The largest absolute Gasteiger partial charge is 0.501 e. The van der Waals surface area contributed by atoms with Crippen LogP contribution < -0.4 is 0 Å². The Morgan fingerprint density at radius 3 is 2.47 bits per heavy atom. The third-order valence-electron chi connectivity index (χ3n) is 2.41. The van der Waals surface area contributed by atoms with E-state index in [2.05, 4.69) is 11.3 Å². The first-order chi connectivity index (χ1) is 8.12. The molecule has 0 unspecified atom stereocenters. The van der Waals surface area contributed by atoms with Gasteiger partial charge in [0.15, 0.2) is 0 Å². The molecular formula is C14H16O3. The molecule has 0 bridgehead atoms. The molecule has 3 nitrogen and oxygen atoms in total. The minimum absolute atomic E-state index is 0.355. The van der Waals surface area contributed by atoms with Crippen LogP contribution in [-0.2, 0) is 9.47 Å². The average molecular weight is 232 g/mol. The van der Waals surface area contributed by atoms with Crippen molar-refractivity contribution >= 4 is 18.1 Å². The Morgan fingerprint density at radius 1 is 1.24 bits per heavy atom. The van der Waals surface area contributed by atoms with Crippen LogP contribution in [0.2, 0.25) is 0 Å². The highest BCUT2D eigenvalue weighted by Crippen LogP contribution is 2.17. The first-order valence-electron chi connectivity index (χ1n) is 5.19. The van der Waals surface area contributed by atoms with Crippen molar-refractivity contribution in [1.29, 1.82) is 0 Å². The lowest BCUT2D eigenvalue weighted by Crippen LogP contribution is -2.01. The zero-order chi connectivity index (χ0) is 12.8. The number of hydrogen-bond donors (Lipinski definition) is 0. The second-order valence-corrected chi connectivity index (χ2v) is 3.50. The van der Waals surface area contributed by atoms with Gasteiger partial charge in [-0.3, -0.25) is 0 Å². The summed E-state index contributed by atoms with van der Waals surface area (Å²) >= 11 is 0. The van der Waals surface area contributed by atoms with Crippen LogP contribution in [0, 0.1) is 0 Å². The fraction of sp³-hybridized carbons (Fsp3) is 0.214. The maximum atomic E-state index is 11.4. The van der Waals surface area contributed by atoms with Crippen molar-refractivity contribution in [3.05, 3.63) is 47.2 Å². The molecule has 0 aliphatic rings. The van der Waals surface area contributed by atoms with Gasteiger partial charge in [0.1, 0.15) is 0 Å². The highest BCUT2D eigenvalue weighted by molar-refractivity contribution is 5.90. The number of methoxy groups -OCH3 is 2. The van der Waals surface area contributed by atoms with Crippen LogP contribution >= 0.6 is 0 Å². The van der Waals surface area contributed by atoms with Gasteiger partial charge in [0.2, 0.25) is 0 Å². The monoisotopic (exact) mass is 232 g/mol. The van der Waals surface area contributed by atoms with Gasteiger partial charge in [0, 0.05) is 0 Å². The Labute approximate surface area is 101 Å². The van der Waals surface area contributed by atoms with Crippen molar-refractivity contribution in [2.24, 2.45) is 0 Å². The minimum Gasteiger partial charge on any atom is -0.501 e. The van der Waals surface area contributed by atoms with E-state index in [1.807, 2.05) is 19.1 Å². The van der Waals surface area contributed by atoms with Crippen LogP contribution in [0.4, 0.5) is 0 Å². The third kappa shape index (κ3) is 3.21. The Morgan fingerprint density at radius 2 is 1.94 bits per heavy atom. The quantitative estimate of drug-likeness (QED) is 0.591. The topological polar surface area (TPSA) is 35.5 Å². The first kappa shape index (κ1) is 13.0. The number of allylic oxidation sites excluding steroid dienone is 1. The Bertz CT molecular complexity index is 459. The molecule has 0 amide bonds. The summed E-state index contributed by atoms with van der Waals surface area (Å²) in [5.74, 6) is 0.436. The lowest BCUT2D eigenvalue weighted by Gasteiger charge is -2.06. The van der Waals surface area contributed by atoms with Crippen LogP contribution in [-0.4, -0.2) is 20.2 Å². The molecule has 0 radical (unpaired) electrons. The third-order valence-corrected chi connectivity index (χ3v) is 2.41. The molecule has 1 rings (SSSR count). The highest BCUT2D eigenvalue weighted by atomic mass is 16.5. The normalized spacial score (nSPS) is 10.9. The molecule has 0 aromatic heterocycles. The SMILES string of the molecule is C=Cc1cc(C(=O)OC)ccc1/C=C(\C)OC. The lowest BCUT2D eigenvalue weighted by molar-refractivity contribution is 0.0600. The highest BCUT2D eigenvalue weighted by Gasteiger charge is 2.07. The first-order valence-corrected chi connectivity index (χ1v) is 5.19. The lowest BCUT2D eigenvalue weighted by atomic mass is 10.0. The van der Waals surface area contributed by atoms with Gasteiger partial charge < -0.3 is 9.47 Å². The molecule has 3 heteroatoms. The summed E-state index contributed by atoms with van der Waals surface area (Å²) in [7, 11) is 2.97. The fourth-order valence-electron chi connectivity index (χ4n) is 1.41.